The Morgan fingerprint density at radius 3 is 2.54 bits per heavy atom. The molecule has 4 aromatic heterocycles. The molecule has 9 heteroatoms. The van der Waals surface area contributed by atoms with Crippen molar-refractivity contribution < 1.29 is 9.47 Å². The van der Waals surface area contributed by atoms with Gasteiger partial charge in [0.05, 0.1) is 36.2 Å². The van der Waals surface area contributed by atoms with Crippen molar-refractivity contribution >= 4 is 41.6 Å². The maximum Gasteiger partial charge on any atom is 0.210 e. The predicted octanol–water partition coefficient (Wildman–Crippen LogP) is 5.76. The molecule has 1 aliphatic heterocycles. The molecule has 8 nitrogen and oxygen atoms in total. The second kappa shape index (κ2) is 9.22. The van der Waals surface area contributed by atoms with Crippen LogP contribution in [0.2, 0.25) is 25.7 Å². The zero-order chi connectivity index (χ0) is 25.7. The zero-order valence-electron chi connectivity index (χ0n) is 22.5. The third-order valence-corrected chi connectivity index (χ3v) is 9.16. The molecule has 0 aliphatic carbocycles. The lowest BCUT2D eigenvalue weighted by Gasteiger charge is -2.17. The highest BCUT2D eigenvalue weighted by atomic mass is 28.3. The van der Waals surface area contributed by atoms with E-state index in [-0.39, 0.29) is 0 Å². The van der Waals surface area contributed by atoms with Gasteiger partial charge < -0.3 is 18.9 Å². The van der Waals surface area contributed by atoms with Gasteiger partial charge in [0.1, 0.15) is 12.5 Å². The minimum absolute atomic E-state index is 0.454. The molecule has 1 saturated heterocycles. The number of nitrogens with zero attached hydrogens (tertiary/aromatic N) is 6. The quantitative estimate of drug-likeness (QED) is 0.194. The minimum atomic E-state index is -1.19. The van der Waals surface area contributed by atoms with Gasteiger partial charge in [-0.25, -0.2) is 9.97 Å². The fourth-order valence-electron chi connectivity index (χ4n) is 5.38. The van der Waals surface area contributed by atoms with Gasteiger partial charge in [0, 0.05) is 57.5 Å². The van der Waals surface area contributed by atoms with Crippen LogP contribution in [0.5, 0.6) is 5.75 Å². The lowest BCUT2D eigenvalue weighted by atomic mass is 10.1. The summed E-state index contributed by atoms with van der Waals surface area (Å²) in [5.41, 5.74) is 6.36. The molecule has 194 valence electrons. The number of methoxy groups -OCH3 is 1. The van der Waals surface area contributed by atoms with E-state index in [1.807, 2.05) is 18.5 Å². The minimum Gasteiger partial charge on any atom is -0.497 e. The molecule has 5 aromatic rings. The molecular formula is C28H36N6O2Si. The van der Waals surface area contributed by atoms with E-state index in [0.29, 0.717) is 6.73 Å². The van der Waals surface area contributed by atoms with Crippen molar-refractivity contribution in [3.05, 3.63) is 42.9 Å². The predicted molar refractivity (Wildman–Crippen MR) is 152 cm³/mol. The van der Waals surface area contributed by atoms with Gasteiger partial charge in [-0.05, 0) is 43.2 Å². The summed E-state index contributed by atoms with van der Waals surface area (Å²) in [6, 6.07) is 9.64. The maximum absolute atomic E-state index is 6.30. The van der Waals surface area contributed by atoms with E-state index >= 15 is 0 Å². The van der Waals surface area contributed by atoms with E-state index in [0.717, 1.165) is 76.3 Å². The van der Waals surface area contributed by atoms with Crippen LogP contribution < -0.4 is 9.64 Å². The average Bonchev–Trinajstić information content (AvgIpc) is 3.65. The molecule has 0 spiro atoms. The number of anilines is 1. The SMILES string of the molecule is COc1ccc2c(c1)c(-c1cc3c(ncc4cnc(N5CCCC5)n43)n1COCC[Si](C)(C)C)cn2C. The molecule has 0 saturated carbocycles. The van der Waals surface area contributed by atoms with Crippen LogP contribution in [0.1, 0.15) is 12.8 Å². The van der Waals surface area contributed by atoms with Crippen LogP contribution in [-0.2, 0) is 18.5 Å². The van der Waals surface area contributed by atoms with Crippen molar-refractivity contribution in [3.63, 3.8) is 0 Å². The number of aryl methyl sites for hydroxylation is 1. The Hall–Kier alpha value is -3.30. The van der Waals surface area contributed by atoms with Crippen LogP contribution in [0.25, 0.3) is 38.8 Å². The smallest absolute Gasteiger partial charge is 0.210 e. The molecule has 0 N–H and O–H groups in total. The number of aromatic nitrogens is 5. The Kier molecular flexibility index (Phi) is 5.99. The van der Waals surface area contributed by atoms with Gasteiger partial charge in [-0.2, -0.15) is 0 Å². The summed E-state index contributed by atoms with van der Waals surface area (Å²) in [5, 5.41) is 1.15. The number of imidazole rings is 1. The van der Waals surface area contributed by atoms with Crippen LogP contribution >= 0.6 is 0 Å². The first kappa shape index (κ1) is 24.1. The summed E-state index contributed by atoms with van der Waals surface area (Å²) in [5.74, 6) is 1.85. The summed E-state index contributed by atoms with van der Waals surface area (Å²) in [7, 11) is 2.62. The van der Waals surface area contributed by atoms with E-state index in [1.54, 1.807) is 7.11 Å². The Balaban J connectivity index is 1.54. The van der Waals surface area contributed by atoms with Gasteiger partial charge in [-0.3, -0.25) is 8.97 Å². The van der Waals surface area contributed by atoms with Crippen molar-refractivity contribution in [2.45, 2.75) is 45.3 Å². The van der Waals surface area contributed by atoms with Crippen molar-refractivity contribution in [2.24, 2.45) is 7.05 Å². The number of hydrogen-bond acceptors (Lipinski definition) is 5. The standard InChI is InChI=1S/C28H36N6O2Si/c1-31-18-23(22-14-21(35-2)8-9-24(22)31)25-15-26-27(33(25)19-36-12-13-37(3,4)5)29-16-20-17-30-28(34(20)26)32-10-6-7-11-32/h8-9,14-18H,6-7,10-13,19H2,1-5H3. The Morgan fingerprint density at radius 1 is 1.00 bits per heavy atom. The highest BCUT2D eigenvalue weighted by molar-refractivity contribution is 6.76. The second-order valence-corrected chi connectivity index (χ2v) is 16.9. The van der Waals surface area contributed by atoms with Gasteiger partial charge in [0.25, 0.3) is 0 Å². The average molecular weight is 517 g/mol. The van der Waals surface area contributed by atoms with Crippen LogP contribution in [0.4, 0.5) is 5.95 Å². The van der Waals surface area contributed by atoms with Crippen molar-refractivity contribution in [3.8, 4) is 17.0 Å². The summed E-state index contributed by atoms with van der Waals surface area (Å²) in [6.45, 7) is 10.4. The molecule has 0 unspecified atom stereocenters. The van der Waals surface area contributed by atoms with Crippen molar-refractivity contribution in [1.82, 2.24) is 23.5 Å². The molecule has 0 amide bonds. The van der Waals surface area contributed by atoms with Crippen LogP contribution in [0, 0.1) is 0 Å². The van der Waals surface area contributed by atoms with E-state index in [9.17, 15) is 0 Å². The number of fused-ring (bicyclic) bond motifs is 4. The molecule has 37 heavy (non-hydrogen) atoms. The van der Waals surface area contributed by atoms with E-state index in [4.69, 9.17) is 19.4 Å². The zero-order valence-corrected chi connectivity index (χ0v) is 23.5. The van der Waals surface area contributed by atoms with Crippen LogP contribution in [0.3, 0.4) is 0 Å². The van der Waals surface area contributed by atoms with E-state index in [1.165, 1.54) is 12.8 Å². The lowest BCUT2D eigenvalue weighted by Crippen LogP contribution is -2.22. The molecule has 6 rings (SSSR count). The molecule has 0 atom stereocenters. The van der Waals surface area contributed by atoms with Crippen LogP contribution in [0.15, 0.2) is 42.9 Å². The Labute approximate surface area is 218 Å². The first-order valence-electron chi connectivity index (χ1n) is 13.2. The van der Waals surface area contributed by atoms with Gasteiger partial charge in [-0.15, -0.1) is 0 Å². The van der Waals surface area contributed by atoms with Gasteiger partial charge in [-0.1, -0.05) is 19.6 Å². The summed E-state index contributed by atoms with van der Waals surface area (Å²) in [6.07, 6.45) is 8.48. The largest absolute Gasteiger partial charge is 0.497 e. The van der Waals surface area contributed by atoms with Crippen molar-refractivity contribution in [1.29, 1.82) is 0 Å². The fraction of sp³-hybridized carbons (Fsp3) is 0.429. The summed E-state index contributed by atoms with van der Waals surface area (Å²) in [4.78, 5) is 12.1. The maximum atomic E-state index is 6.30. The lowest BCUT2D eigenvalue weighted by molar-refractivity contribution is 0.0909. The van der Waals surface area contributed by atoms with Crippen LogP contribution in [-0.4, -0.2) is 58.4 Å². The number of rotatable bonds is 8. The Morgan fingerprint density at radius 2 is 1.78 bits per heavy atom. The topological polar surface area (TPSA) is 61.8 Å². The molecular weight excluding hydrogens is 480 g/mol. The second-order valence-electron chi connectivity index (χ2n) is 11.3. The Bertz CT molecular complexity index is 1590. The number of benzene rings is 1. The summed E-state index contributed by atoms with van der Waals surface area (Å²) >= 11 is 0. The monoisotopic (exact) mass is 516 g/mol. The molecule has 0 radical (unpaired) electrons. The highest BCUT2D eigenvalue weighted by Gasteiger charge is 2.23. The summed E-state index contributed by atoms with van der Waals surface area (Å²) < 4.78 is 18.5. The third-order valence-electron chi connectivity index (χ3n) is 7.46. The first-order chi connectivity index (χ1) is 17.8. The molecule has 5 heterocycles. The van der Waals surface area contributed by atoms with E-state index < -0.39 is 8.07 Å². The normalized spacial score (nSPS) is 14.6. The first-order valence-corrected chi connectivity index (χ1v) is 16.9. The fourth-order valence-corrected chi connectivity index (χ4v) is 6.13. The van der Waals surface area contributed by atoms with E-state index in [2.05, 4.69) is 69.5 Å². The molecule has 1 fully saturated rings. The number of hydrogen-bond donors (Lipinski definition) is 0. The third kappa shape index (κ3) is 4.29. The highest BCUT2D eigenvalue weighted by Crippen LogP contribution is 2.37. The van der Waals surface area contributed by atoms with Crippen molar-refractivity contribution in [2.75, 3.05) is 31.7 Å². The number of ether oxygens (including phenoxy) is 2. The van der Waals surface area contributed by atoms with Gasteiger partial charge in [0.2, 0.25) is 5.95 Å². The molecule has 1 aliphatic rings. The molecule has 1 aromatic carbocycles. The van der Waals surface area contributed by atoms with Gasteiger partial charge in [0.15, 0.2) is 5.65 Å². The van der Waals surface area contributed by atoms with Gasteiger partial charge >= 0.3 is 0 Å². The molecule has 0 bridgehead atoms.